The molecule has 0 bridgehead atoms. The van der Waals surface area contributed by atoms with Gasteiger partial charge in [-0.3, -0.25) is 9.88 Å². The van der Waals surface area contributed by atoms with E-state index >= 15 is 0 Å². The van der Waals surface area contributed by atoms with E-state index in [9.17, 15) is 0 Å². The zero-order valence-corrected chi connectivity index (χ0v) is 13.0. The quantitative estimate of drug-likeness (QED) is 0.598. The van der Waals surface area contributed by atoms with E-state index in [2.05, 4.69) is 33.9 Å². The monoisotopic (exact) mass is 297 g/mol. The summed E-state index contributed by atoms with van der Waals surface area (Å²) in [6.07, 6.45) is 8.68. The first-order valence-corrected chi connectivity index (χ1v) is 7.96. The maximum absolute atomic E-state index is 8.40. The molecular weight excluding hydrogens is 274 g/mol. The first-order valence-electron chi connectivity index (χ1n) is 7.96. The van der Waals surface area contributed by atoms with Crippen molar-refractivity contribution in [3.63, 3.8) is 0 Å². The molecule has 1 atom stereocenters. The lowest BCUT2D eigenvalue weighted by atomic mass is 9.96. The van der Waals surface area contributed by atoms with Crippen molar-refractivity contribution in [3.8, 4) is 17.9 Å². The van der Waals surface area contributed by atoms with Crippen molar-refractivity contribution in [2.24, 2.45) is 0 Å². The van der Waals surface area contributed by atoms with E-state index in [1.807, 2.05) is 18.5 Å². The van der Waals surface area contributed by atoms with Gasteiger partial charge in [-0.05, 0) is 31.0 Å². The molecule has 1 saturated heterocycles. The Hall–Kier alpha value is -1.88. The highest BCUT2D eigenvalue weighted by Gasteiger charge is 2.22. The zero-order chi connectivity index (χ0) is 15.5. The zero-order valence-electron chi connectivity index (χ0n) is 13.0. The predicted molar refractivity (Wildman–Crippen MR) is 85.8 cm³/mol. The van der Waals surface area contributed by atoms with Gasteiger partial charge in [-0.1, -0.05) is 24.3 Å². The fourth-order valence-electron chi connectivity index (χ4n) is 2.72. The average molecular weight is 297 g/mol. The number of hydrogen-bond donors (Lipinski definition) is 0. The summed E-state index contributed by atoms with van der Waals surface area (Å²) >= 11 is 0. The molecule has 2 rings (SSSR count). The van der Waals surface area contributed by atoms with Crippen LogP contribution in [0.15, 0.2) is 24.5 Å². The van der Waals surface area contributed by atoms with Gasteiger partial charge in [0.1, 0.15) is 0 Å². The molecule has 2 heterocycles. The van der Waals surface area contributed by atoms with Crippen LogP contribution in [0.25, 0.3) is 0 Å². The Morgan fingerprint density at radius 3 is 3.00 bits per heavy atom. The van der Waals surface area contributed by atoms with Crippen molar-refractivity contribution in [2.45, 2.75) is 38.1 Å². The van der Waals surface area contributed by atoms with Crippen LogP contribution in [0, 0.1) is 23.2 Å². The summed E-state index contributed by atoms with van der Waals surface area (Å²) in [6, 6.07) is 6.67. The molecule has 116 valence electrons. The topological polar surface area (TPSA) is 49.1 Å². The van der Waals surface area contributed by atoms with Crippen molar-refractivity contribution in [1.29, 1.82) is 5.26 Å². The largest absolute Gasteiger partial charge is 0.379 e. The molecule has 4 nitrogen and oxygen atoms in total. The molecule has 0 amide bonds. The number of piperidine rings is 1. The first kappa shape index (κ1) is 16.5. The normalized spacial score (nSPS) is 18.2. The highest BCUT2D eigenvalue weighted by Crippen LogP contribution is 2.29. The molecule has 1 aromatic rings. The number of rotatable bonds is 6. The first-order chi connectivity index (χ1) is 10.9. The lowest BCUT2D eigenvalue weighted by molar-refractivity contribution is 0.145. The van der Waals surface area contributed by atoms with Gasteiger partial charge in [-0.2, -0.15) is 5.26 Å². The lowest BCUT2D eigenvalue weighted by Crippen LogP contribution is -2.33. The molecule has 4 heteroatoms. The SMILES string of the molecule is N#CCCOCCC#CCN1CCCC[C@@H]1c1cccnc1. The van der Waals surface area contributed by atoms with Crippen molar-refractivity contribution in [1.82, 2.24) is 9.88 Å². The molecule has 0 spiro atoms. The van der Waals surface area contributed by atoms with Crippen LogP contribution in [-0.2, 0) is 4.74 Å². The molecule has 0 N–H and O–H groups in total. The van der Waals surface area contributed by atoms with Gasteiger partial charge < -0.3 is 4.74 Å². The summed E-state index contributed by atoms with van der Waals surface area (Å²) in [4.78, 5) is 6.69. The Kier molecular flexibility index (Phi) is 7.46. The third-order valence-electron chi connectivity index (χ3n) is 3.82. The van der Waals surface area contributed by atoms with Gasteiger partial charge >= 0.3 is 0 Å². The summed E-state index contributed by atoms with van der Waals surface area (Å²) in [6.45, 7) is 3.03. The second-order valence-corrected chi connectivity index (χ2v) is 5.39. The predicted octanol–water partition coefficient (Wildman–Crippen LogP) is 2.93. The summed E-state index contributed by atoms with van der Waals surface area (Å²) in [7, 11) is 0. The number of nitriles is 1. The van der Waals surface area contributed by atoms with Gasteiger partial charge in [0.05, 0.1) is 32.2 Å². The molecular formula is C18H23N3O. The Labute approximate surface area is 133 Å². The van der Waals surface area contributed by atoms with Gasteiger partial charge in [0, 0.05) is 24.9 Å². The number of likely N-dealkylation sites (tertiary alicyclic amines) is 1. The van der Waals surface area contributed by atoms with Crippen LogP contribution in [0.3, 0.4) is 0 Å². The van der Waals surface area contributed by atoms with Crippen LogP contribution in [0.1, 0.15) is 43.7 Å². The van der Waals surface area contributed by atoms with E-state index < -0.39 is 0 Å². The number of pyridine rings is 1. The third-order valence-corrected chi connectivity index (χ3v) is 3.82. The molecule has 0 aromatic carbocycles. The van der Waals surface area contributed by atoms with Gasteiger partial charge in [0.15, 0.2) is 0 Å². The number of ether oxygens (including phenoxy) is 1. The van der Waals surface area contributed by atoms with E-state index in [0.717, 1.165) is 19.5 Å². The fraction of sp³-hybridized carbons (Fsp3) is 0.556. The van der Waals surface area contributed by atoms with E-state index in [0.29, 0.717) is 25.7 Å². The molecule has 1 aliphatic rings. The highest BCUT2D eigenvalue weighted by molar-refractivity contribution is 5.16. The standard InChI is InChI=1S/C18H23N3O/c19-10-7-15-22-14-5-1-3-12-21-13-4-2-9-18(21)17-8-6-11-20-16-17/h6,8,11,16,18H,2,4-5,7,9,12-15H2/t18-/m1/s1. The van der Waals surface area contributed by atoms with Gasteiger partial charge in [-0.15, -0.1) is 0 Å². The Morgan fingerprint density at radius 1 is 1.27 bits per heavy atom. The van der Waals surface area contributed by atoms with Gasteiger partial charge in [0.2, 0.25) is 0 Å². The number of hydrogen-bond acceptors (Lipinski definition) is 4. The van der Waals surface area contributed by atoms with Crippen LogP contribution in [0.5, 0.6) is 0 Å². The van der Waals surface area contributed by atoms with E-state index in [1.54, 1.807) is 0 Å². The van der Waals surface area contributed by atoms with Crippen molar-refractivity contribution >= 4 is 0 Å². The molecule has 0 unspecified atom stereocenters. The van der Waals surface area contributed by atoms with Crippen LogP contribution in [0.4, 0.5) is 0 Å². The van der Waals surface area contributed by atoms with Crippen LogP contribution < -0.4 is 0 Å². The van der Waals surface area contributed by atoms with Crippen LogP contribution >= 0.6 is 0 Å². The summed E-state index contributed by atoms with van der Waals surface area (Å²) < 4.78 is 5.31. The Morgan fingerprint density at radius 2 is 2.18 bits per heavy atom. The molecule has 1 aromatic heterocycles. The van der Waals surface area contributed by atoms with Gasteiger partial charge in [-0.25, -0.2) is 0 Å². The molecule has 1 aliphatic heterocycles. The van der Waals surface area contributed by atoms with E-state index in [4.69, 9.17) is 10.00 Å². The minimum Gasteiger partial charge on any atom is -0.379 e. The summed E-state index contributed by atoms with van der Waals surface area (Å²) in [5, 5.41) is 8.40. The van der Waals surface area contributed by atoms with Crippen molar-refractivity contribution < 1.29 is 4.74 Å². The molecule has 0 aliphatic carbocycles. The van der Waals surface area contributed by atoms with E-state index in [-0.39, 0.29) is 0 Å². The fourth-order valence-corrected chi connectivity index (χ4v) is 2.72. The summed E-state index contributed by atoms with van der Waals surface area (Å²) in [5.41, 5.74) is 1.30. The second kappa shape index (κ2) is 9.95. The van der Waals surface area contributed by atoms with Gasteiger partial charge in [0.25, 0.3) is 0 Å². The average Bonchev–Trinajstić information content (AvgIpc) is 2.58. The Balaban J connectivity index is 1.77. The second-order valence-electron chi connectivity index (χ2n) is 5.39. The maximum Gasteiger partial charge on any atom is 0.0645 e. The lowest BCUT2D eigenvalue weighted by Gasteiger charge is -2.34. The molecule has 22 heavy (non-hydrogen) atoms. The molecule has 0 radical (unpaired) electrons. The third kappa shape index (κ3) is 5.48. The summed E-state index contributed by atoms with van der Waals surface area (Å²) in [5.74, 6) is 6.42. The minimum absolute atomic E-state index is 0.448. The minimum atomic E-state index is 0.448. The van der Waals surface area contributed by atoms with E-state index in [1.165, 1.54) is 24.8 Å². The van der Waals surface area contributed by atoms with Crippen LogP contribution in [-0.4, -0.2) is 36.2 Å². The number of aromatic nitrogens is 1. The smallest absolute Gasteiger partial charge is 0.0645 e. The Bertz CT molecular complexity index is 527. The highest BCUT2D eigenvalue weighted by atomic mass is 16.5. The number of nitrogens with zero attached hydrogens (tertiary/aromatic N) is 3. The molecule has 1 fully saturated rings. The molecule has 0 saturated carbocycles. The van der Waals surface area contributed by atoms with Crippen molar-refractivity contribution in [2.75, 3.05) is 26.3 Å². The van der Waals surface area contributed by atoms with Crippen molar-refractivity contribution in [3.05, 3.63) is 30.1 Å². The van der Waals surface area contributed by atoms with Crippen LogP contribution in [0.2, 0.25) is 0 Å². The maximum atomic E-state index is 8.40.